The van der Waals surface area contributed by atoms with Crippen LogP contribution in [0.3, 0.4) is 0 Å². The lowest BCUT2D eigenvalue weighted by molar-refractivity contribution is 0.289. The molecular weight excluding hydrogens is 283 g/mol. The highest BCUT2D eigenvalue weighted by molar-refractivity contribution is 6.32. The first-order chi connectivity index (χ1) is 8.56. The molecule has 2 rings (SSSR count). The average molecular weight is 290 g/mol. The number of benzene rings is 1. The SMILES string of the molecule is Fc1ccc(OCc2ccc(Cl)nc2Cl)c(F)c1. The summed E-state index contributed by atoms with van der Waals surface area (Å²) in [6, 6.07) is 6.24. The van der Waals surface area contributed by atoms with E-state index in [1.54, 1.807) is 12.1 Å². The lowest BCUT2D eigenvalue weighted by Crippen LogP contribution is -1.99. The Labute approximate surface area is 112 Å². The second kappa shape index (κ2) is 5.50. The molecule has 0 amide bonds. The van der Waals surface area contributed by atoms with Gasteiger partial charge in [0.15, 0.2) is 11.6 Å². The zero-order valence-corrected chi connectivity index (χ0v) is 10.5. The Balaban J connectivity index is 2.11. The third kappa shape index (κ3) is 3.09. The van der Waals surface area contributed by atoms with Crippen molar-refractivity contribution in [3.05, 3.63) is 57.8 Å². The molecule has 0 aliphatic heterocycles. The van der Waals surface area contributed by atoms with Crippen LogP contribution in [0.2, 0.25) is 10.3 Å². The quantitative estimate of drug-likeness (QED) is 0.788. The van der Waals surface area contributed by atoms with E-state index >= 15 is 0 Å². The Bertz CT molecular complexity index is 526. The van der Waals surface area contributed by atoms with Gasteiger partial charge in [-0.2, -0.15) is 0 Å². The van der Waals surface area contributed by atoms with Crippen molar-refractivity contribution in [2.75, 3.05) is 0 Å². The summed E-state index contributed by atoms with van der Waals surface area (Å²) in [5, 5.41) is 0.446. The molecule has 0 unspecified atom stereocenters. The zero-order valence-electron chi connectivity index (χ0n) is 8.96. The summed E-state index contributed by atoms with van der Waals surface area (Å²) in [5.41, 5.74) is 0.560. The minimum atomic E-state index is -0.770. The van der Waals surface area contributed by atoms with Crippen molar-refractivity contribution in [3.63, 3.8) is 0 Å². The topological polar surface area (TPSA) is 22.1 Å². The first-order valence-electron chi connectivity index (χ1n) is 4.95. The zero-order chi connectivity index (χ0) is 13.1. The molecule has 0 aliphatic carbocycles. The van der Waals surface area contributed by atoms with Crippen LogP contribution in [-0.4, -0.2) is 4.98 Å². The summed E-state index contributed by atoms with van der Waals surface area (Å²) < 4.78 is 31.2. The van der Waals surface area contributed by atoms with Crippen LogP contribution in [0.1, 0.15) is 5.56 Å². The maximum Gasteiger partial charge on any atom is 0.167 e. The molecule has 94 valence electrons. The van der Waals surface area contributed by atoms with Gasteiger partial charge in [-0.15, -0.1) is 0 Å². The largest absolute Gasteiger partial charge is 0.486 e. The van der Waals surface area contributed by atoms with E-state index in [-0.39, 0.29) is 22.7 Å². The normalized spacial score (nSPS) is 10.4. The van der Waals surface area contributed by atoms with Gasteiger partial charge in [0.25, 0.3) is 0 Å². The van der Waals surface area contributed by atoms with Crippen molar-refractivity contribution in [3.8, 4) is 5.75 Å². The van der Waals surface area contributed by atoms with Gasteiger partial charge in [0.05, 0.1) is 0 Å². The van der Waals surface area contributed by atoms with E-state index in [1.807, 2.05) is 0 Å². The molecule has 6 heteroatoms. The fourth-order valence-corrected chi connectivity index (χ4v) is 1.70. The fourth-order valence-electron chi connectivity index (χ4n) is 1.30. The Hall–Kier alpha value is -1.39. The van der Waals surface area contributed by atoms with Crippen molar-refractivity contribution in [1.82, 2.24) is 4.98 Å². The summed E-state index contributed by atoms with van der Waals surface area (Å²) in [4.78, 5) is 3.82. The first kappa shape index (κ1) is 13.1. The van der Waals surface area contributed by atoms with Gasteiger partial charge in [0.2, 0.25) is 0 Å². The Morgan fingerprint density at radius 1 is 1.11 bits per heavy atom. The molecule has 1 heterocycles. The van der Waals surface area contributed by atoms with E-state index in [0.29, 0.717) is 5.56 Å². The molecule has 0 saturated carbocycles. The van der Waals surface area contributed by atoms with Gasteiger partial charge in [0, 0.05) is 11.6 Å². The molecule has 0 aliphatic rings. The van der Waals surface area contributed by atoms with Crippen molar-refractivity contribution < 1.29 is 13.5 Å². The van der Waals surface area contributed by atoms with Crippen LogP contribution < -0.4 is 4.74 Å². The van der Waals surface area contributed by atoms with Crippen LogP contribution >= 0.6 is 23.2 Å². The van der Waals surface area contributed by atoms with Gasteiger partial charge in [-0.1, -0.05) is 23.2 Å². The highest BCUT2D eigenvalue weighted by atomic mass is 35.5. The highest BCUT2D eigenvalue weighted by Gasteiger charge is 2.07. The smallest absolute Gasteiger partial charge is 0.167 e. The minimum absolute atomic E-state index is 0.0194. The van der Waals surface area contributed by atoms with Gasteiger partial charge in [-0.3, -0.25) is 0 Å². The first-order valence-corrected chi connectivity index (χ1v) is 5.70. The third-order valence-electron chi connectivity index (χ3n) is 2.17. The fraction of sp³-hybridized carbons (Fsp3) is 0.0833. The van der Waals surface area contributed by atoms with Crippen LogP contribution in [0.25, 0.3) is 0 Å². The molecule has 1 aromatic heterocycles. The average Bonchev–Trinajstić information content (AvgIpc) is 2.30. The molecule has 2 nitrogen and oxygen atoms in total. The van der Waals surface area contributed by atoms with Crippen molar-refractivity contribution in [2.45, 2.75) is 6.61 Å². The molecule has 0 saturated heterocycles. The van der Waals surface area contributed by atoms with E-state index in [0.717, 1.165) is 12.1 Å². The Morgan fingerprint density at radius 3 is 2.56 bits per heavy atom. The maximum absolute atomic E-state index is 13.3. The molecular formula is C12H7Cl2F2NO. The highest BCUT2D eigenvalue weighted by Crippen LogP contribution is 2.22. The molecule has 0 fully saturated rings. The Morgan fingerprint density at radius 2 is 1.89 bits per heavy atom. The summed E-state index contributed by atoms with van der Waals surface area (Å²) in [6.07, 6.45) is 0. The second-order valence-electron chi connectivity index (χ2n) is 3.45. The summed E-state index contributed by atoms with van der Waals surface area (Å²) in [6.45, 7) is 0.0194. The van der Waals surface area contributed by atoms with Gasteiger partial charge < -0.3 is 4.74 Å². The van der Waals surface area contributed by atoms with E-state index in [1.165, 1.54) is 6.07 Å². The number of nitrogens with zero attached hydrogens (tertiary/aromatic N) is 1. The molecule has 0 N–H and O–H groups in total. The van der Waals surface area contributed by atoms with Gasteiger partial charge in [-0.25, -0.2) is 13.8 Å². The van der Waals surface area contributed by atoms with Gasteiger partial charge in [-0.05, 0) is 24.3 Å². The molecule has 2 aromatic rings. The van der Waals surface area contributed by atoms with E-state index < -0.39 is 11.6 Å². The van der Waals surface area contributed by atoms with Crippen molar-refractivity contribution >= 4 is 23.2 Å². The lowest BCUT2D eigenvalue weighted by Gasteiger charge is -2.08. The maximum atomic E-state index is 13.3. The minimum Gasteiger partial charge on any atom is -0.486 e. The summed E-state index contributed by atoms with van der Waals surface area (Å²) in [5.74, 6) is -1.48. The van der Waals surface area contributed by atoms with Crippen LogP contribution in [0.4, 0.5) is 8.78 Å². The molecule has 0 spiro atoms. The standard InChI is InChI=1S/C12H7Cl2F2NO/c13-11-4-1-7(12(14)17-11)6-18-10-3-2-8(15)5-9(10)16/h1-5H,6H2. The van der Waals surface area contributed by atoms with E-state index in [9.17, 15) is 8.78 Å². The molecule has 0 atom stereocenters. The predicted octanol–water partition coefficient (Wildman–Crippen LogP) is 4.25. The van der Waals surface area contributed by atoms with Gasteiger partial charge in [0.1, 0.15) is 22.7 Å². The number of rotatable bonds is 3. The summed E-state index contributed by atoms with van der Waals surface area (Å²) in [7, 11) is 0. The third-order valence-corrected chi connectivity index (χ3v) is 2.71. The molecule has 18 heavy (non-hydrogen) atoms. The van der Waals surface area contributed by atoms with E-state index in [2.05, 4.69) is 4.98 Å². The number of pyridine rings is 1. The number of ether oxygens (including phenoxy) is 1. The van der Waals surface area contributed by atoms with Crippen LogP contribution in [0.5, 0.6) is 5.75 Å². The van der Waals surface area contributed by atoms with Crippen LogP contribution in [0, 0.1) is 11.6 Å². The van der Waals surface area contributed by atoms with Crippen molar-refractivity contribution in [1.29, 1.82) is 0 Å². The molecule has 1 aromatic carbocycles. The van der Waals surface area contributed by atoms with E-state index in [4.69, 9.17) is 27.9 Å². The lowest BCUT2D eigenvalue weighted by atomic mass is 10.3. The Kier molecular flexibility index (Phi) is 3.99. The van der Waals surface area contributed by atoms with Crippen LogP contribution in [0.15, 0.2) is 30.3 Å². The number of aromatic nitrogens is 1. The van der Waals surface area contributed by atoms with Crippen LogP contribution in [-0.2, 0) is 6.61 Å². The number of hydrogen-bond donors (Lipinski definition) is 0. The van der Waals surface area contributed by atoms with Gasteiger partial charge >= 0.3 is 0 Å². The number of hydrogen-bond acceptors (Lipinski definition) is 2. The number of halogens is 4. The predicted molar refractivity (Wildman–Crippen MR) is 64.9 cm³/mol. The van der Waals surface area contributed by atoms with Crippen molar-refractivity contribution in [2.24, 2.45) is 0 Å². The summed E-state index contributed by atoms with van der Waals surface area (Å²) >= 11 is 11.5. The second-order valence-corrected chi connectivity index (χ2v) is 4.19. The molecule has 0 radical (unpaired) electrons. The monoisotopic (exact) mass is 289 g/mol. The molecule has 0 bridgehead atoms.